The molecule has 0 saturated carbocycles. The van der Waals surface area contributed by atoms with Gasteiger partial charge in [0.2, 0.25) is 0 Å². The fraction of sp³-hybridized carbons (Fsp3) is 0.278. The summed E-state index contributed by atoms with van der Waals surface area (Å²) >= 11 is 0. The lowest BCUT2D eigenvalue weighted by Crippen LogP contribution is -2.29. The molecular weight excluding hydrogens is 342 g/mol. The first-order valence-electron chi connectivity index (χ1n) is 7.55. The van der Waals surface area contributed by atoms with Crippen molar-refractivity contribution in [1.82, 2.24) is 0 Å². The number of benzene rings is 2. The molecule has 25 heavy (non-hydrogen) atoms. The van der Waals surface area contributed by atoms with Crippen LogP contribution in [0.25, 0.3) is 0 Å². The summed E-state index contributed by atoms with van der Waals surface area (Å²) in [5.41, 5.74) is 2.02. The van der Waals surface area contributed by atoms with Gasteiger partial charge in [-0.25, -0.2) is 13.2 Å². The number of esters is 1. The maximum atomic E-state index is 13.0. The number of methoxy groups -OCH3 is 2. The fourth-order valence-electron chi connectivity index (χ4n) is 2.67. The Morgan fingerprint density at radius 3 is 2.16 bits per heavy atom. The second-order valence-corrected chi connectivity index (χ2v) is 7.59. The second kappa shape index (κ2) is 7.14. The monoisotopic (exact) mass is 363 g/mol. The quantitative estimate of drug-likeness (QED) is 0.764. The van der Waals surface area contributed by atoms with E-state index in [9.17, 15) is 13.2 Å². The molecule has 0 radical (unpaired) electrons. The van der Waals surface area contributed by atoms with Crippen LogP contribution in [0.5, 0.6) is 5.75 Å². The van der Waals surface area contributed by atoms with Gasteiger partial charge in [0, 0.05) is 7.05 Å². The summed E-state index contributed by atoms with van der Waals surface area (Å²) in [6, 6.07) is 9.52. The highest BCUT2D eigenvalue weighted by molar-refractivity contribution is 7.92. The van der Waals surface area contributed by atoms with E-state index in [1.165, 1.54) is 33.4 Å². The number of ether oxygens (including phenoxy) is 2. The van der Waals surface area contributed by atoms with Gasteiger partial charge < -0.3 is 9.47 Å². The molecule has 0 saturated heterocycles. The van der Waals surface area contributed by atoms with Crippen molar-refractivity contribution in [2.24, 2.45) is 0 Å². The maximum Gasteiger partial charge on any atom is 0.340 e. The molecule has 0 unspecified atom stereocenters. The summed E-state index contributed by atoms with van der Waals surface area (Å²) in [6.45, 7) is 3.59. The molecule has 0 atom stereocenters. The average molecular weight is 363 g/mol. The molecule has 0 aliphatic heterocycles. The Balaban J connectivity index is 2.59. The van der Waals surface area contributed by atoms with Gasteiger partial charge >= 0.3 is 5.97 Å². The van der Waals surface area contributed by atoms with E-state index in [4.69, 9.17) is 9.47 Å². The largest absolute Gasteiger partial charge is 0.497 e. The van der Waals surface area contributed by atoms with Crippen LogP contribution in [0.1, 0.15) is 21.5 Å². The van der Waals surface area contributed by atoms with E-state index >= 15 is 0 Å². The minimum Gasteiger partial charge on any atom is -0.497 e. The Bertz CT molecular complexity index is 888. The molecule has 2 rings (SSSR count). The number of sulfonamides is 1. The molecule has 0 bridgehead atoms. The number of carbonyl (C=O) groups is 1. The van der Waals surface area contributed by atoms with E-state index in [1.54, 1.807) is 25.1 Å². The van der Waals surface area contributed by atoms with Crippen molar-refractivity contribution < 1.29 is 22.7 Å². The SMILES string of the molecule is COC(=O)c1cc(C)cc(C)c1N(C)S(=O)(=O)c1ccc(OC)cc1. The van der Waals surface area contributed by atoms with Crippen LogP contribution < -0.4 is 9.04 Å². The fourth-order valence-corrected chi connectivity index (χ4v) is 3.95. The molecule has 0 amide bonds. The first-order valence-corrected chi connectivity index (χ1v) is 8.99. The van der Waals surface area contributed by atoms with Crippen LogP contribution in [0.2, 0.25) is 0 Å². The second-order valence-electron chi connectivity index (χ2n) is 5.62. The van der Waals surface area contributed by atoms with Crippen LogP contribution in [0.4, 0.5) is 5.69 Å². The first kappa shape index (κ1) is 18.8. The predicted octanol–water partition coefficient (Wildman–Crippen LogP) is 2.92. The van der Waals surface area contributed by atoms with Crippen molar-refractivity contribution in [3.8, 4) is 5.75 Å². The zero-order valence-electron chi connectivity index (χ0n) is 14.9. The van der Waals surface area contributed by atoms with Crippen molar-refractivity contribution in [2.45, 2.75) is 18.7 Å². The highest BCUT2D eigenvalue weighted by atomic mass is 32.2. The molecule has 0 N–H and O–H groups in total. The van der Waals surface area contributed by atoms with Crippen LogP contribution in [0.3, 0.4) is 0 Å². The first-order chi connectivity index (χ1) is 11.7. The highest BCUT2D eigenvalue weighted by Crippen LogP contribution is 2.31. The van der Waals surface area contributed by atoms with Gasteiger partial charge in [-0.3, -0.25) is 4.31 Å². The van der Waals surface area contributed by atoms with Gasteiger partial charge in [0.05, 0.1) is 30.4 Å². The molecule has 134 valence electrons. The van der Waals surface area contributed by atoms with Gasteiger partial charge in [-0.15, -0.1) is 0 Å². The van der Waals surface area contributed by atoms with E-state index in [-0.39, 0.29) is 10.5 Å². The molecule has 0 heterocycles. The summed E-state index contributed by atoms with van der Waals surface area (Å²) in [6.07, 6.45) is 0. The number of hydrogen-bond acceptors (Lipinski definition) is 5. The van der Waals surface area contributed by atoms with Crippen molar-refractivity contribution in [3.63, 3.8) is 0 Å². The molecule has 7 heteroatoms. The Morgan fingerprint density at radius 2 is 1.64 bits per heavy atom. The van der Waals surface area contributed by atoms with Crippen molar-refractivity contribution >= 4 is 21.7 Å². The van der Waals surface area contributed by atoms with Crippen LogP contribution in [0, 0.1) is 13.8 Å². The summed E-state index contributed by atoms with van der Waals surface area (Å²) in [4.78, 5) is 12.2. The zero-order chi connectivity index (χ0) is 18.8. The van der Waals surface area contributed by atoms with Gasteiger partial charge in [-0.1, -0.05) is 6.07 Å². The molecule has 0 aromatic heterocycles. The Kier molecular flexibility index (Phi) is 5.37. The van der Waals surface area contributed by atoms with Gasteiger partial charge in [0.1, 0.15) is 5.75 Å². The lowest BCUT2D eigenvalue weighted by atomic mass is 10.0. The van der Waals surface area contributed by atoms with E-state index in [0.29, 0.717) is 17.0 Å². The van der Waals surface area contributed by atoms with Crippen LogP contribution in [-0.4, -0.2) is 35.7 Å². The summed E-state index contributed by atoms with van der Waals surface area (Å²) < 4.78 is 36.9. The van der Waals surface area contributed by atoms with Crippen molar-refractivity contribution in [2.75, 3.05) is 25.6 Å². The predicted molar refractivity (Wildman–Crippen MR) is 95.8 cm³/mol. The number of rotatable bonds is 5. The molecule has 0 aliphatic carbocycles. The van der Waals surface area contributed by atoms with Crippen LogP contribution >= 0.6 is 0 Å². The minimum atomic E-state index is -3.85. The molecule has 6 nitrogen and oxygen atoms in total. The number of nitrogens with zero attached hydrogens (tertiary/aromatic N) is 1. The lowest BCUT2D eigenvalue weighted by molar-refractivity contribution is 0.0601. The van der Waals surface area contributed by atoms with E-state index in [2.05, 4.69) is 0 Å². The molecule has 0 aliphatic rings. The Labute approximate surface area is 148 Å². The van der Waals surface area contributed by atoms with Gasteiger partial charge in [0.15, 0.2) is 0 Å². The highest BCUT2D eigenvalue weighted by Gasteiger charge is 2.27. The molecule has 2 aromatic carbocycles. The van der Waals surface area contributed by atoms with Crippen molar-refractivity contribution in [1.29, 1.82) is 0 Å². The van der Waals surface area contributed by atoms with E-state index < -0.39 is 16.0 Å². The number of anilines is 1. The number of carbonyl (C=O) groups excluding carboxylic acids is 1. The number of hydrogen-bond donors (Lipinski definition) is 0. The van der Waals surface area contributed by atoms with Gasteiger partial charge in [-0.05, 0) is 55.3 Å². The minimum absolute atomic E-state index is 0.103. The van der Waals surface area contributed by atoms with Gasteiger partial charge in [-0.2, -0.15) is 0 Å². The average Bonchev–Trinajstić information content (AvgIpc) is 2.59. The smallest absolute Gasteiger partial charge is 0.340 e. The summed E-state index contributed by atoms with van der Waals surface area (Å²) in [5.74, 6) is -0.0260. The van der Waals surface area contributed by atoms with E-state index in [0.717, 1.165) is 9.87 Å². The third-order valence-electron chi connectivity index (χ3n) is 3.88. The third kappa shape index (κ3) is 3.61. The van der Waals surface area contributed by atoms with Gasteiger partial charge in [0.25, 0.3) is 10.0 Å². The maximum absolute atomic E-state index is 13.0. The standard InChI is InChI=1S/C18H21NO5S/c1-12-10-13(2)17(16(11-12)18(20)24-5)19(3)25(21,22)15-8-6-14(23-4)7-9-15/h6-11H,1-5H3. The normalized spacial score (nSPS) is 11.1. The van der Waals surface area contributed by atoms with E-state index in [1.807, 2.05) is 13.0 Å². The zero-order valence-corrected chi connectivity index (χ0v) is 15.7. The lowest BCUT2D eigenvalue weighted by Gasteiger charge is -2.24. The third-order valence-corrected chi connectivity index (χ3v) is 5.65. The van der Waals surface area contributed by atoms with Crippen LogP contribution in [0.15, 0.2) is 41.3 Å². The molecular formula is C18H21NO5S. The Hall–Kier alpha value is -2.54. The Morgan fingerprint density at radius 1 is 1.04 bits per heavy atom. The topological polar surface area (TPSA) is 72.9 Å². The number of aryl methyl sites for hydroxylation is 2. The van der Waals surface area contributed by atoms with Crippen LogP contribution in [-0.2, 0) is 14.8 Å². The summed E-state index contributed by atoms with van der Waals surface area (Å²) in [5, 5.41) is 0. The molecule has 0 fully saturated rings. The van der Waals surface area contributed by atoms with Crippen molar-refractivity contribution in [3.05, 3.63) is 53.1 Å². The molecule has 0 spiro atoms. The molecule has 2 aromatic rings. The summed E-state index contributed by atoms with van der Waals surface area (Å²) in [7, 11) is 0.347.